The van der Waals surface area contributed by atoms with Gasteiger partial charge in [0.2, 0.25) is 59.1 Å². The zero-order chi connectivity index (χ0) is 51.5. The molecule has 9 aliphatic heterocycles. The van der Waals surface area contributed by atoms with E-state index in [1.165, 1.54) is 9.80 Å². The lowest BCUT2D eigenvalue weighted by Gasteiger charge is -2.37. The molecule has 0 unspecified atom stereocenters. The molecule has 10 amide bonds. The SMILES string of the molecule is C#CCNC(=O)[C@@H]1CCCN1C(=O)[C@@H]1CCCN1C(=O)[C@@H]1CCCN1C(=O)[C@@H]1CCCN1C(=O)[C@@H]1CCCN1C(=O)[C@@H]1CCCN1C(=O)[C@@H]1CCCN1C(=O)[C@@H]1CCCN1C(=O)[C@@H]1CCCN1C(=O)CN=[N+]=[N-]. The van der Waals surface area contributed by atoms with Crippen molar-refractivity contribution in [3.63, 3.8) is 0 Å². The van der Waals surface area contributed by atoms with E-state index in [4.69, 9.17) is 12.0 Å². The summed E-state index contributed by atoms with van der Waals surface area (Å²) >= 11 is 0. The number of azide groups is 1. The molecule has 9 heterocycles. The van der Waals surface area contributed by atoms with Crippen LogP contribution in [0.1, 0.15) is 116 Å². The number of hydrogen-bond acceptors (Lipinski definition) is 11. The number of carbonyl (C=O) groups excluding carboxylic acids is 10. The number of terminal acetylenes is 1. The first-order valence-corrected chi connectivity index (χ1v) is 26.8. The molecular weight excluding hydrogens is 943 g/mol. The van der Waals surface area contributed by atoms with Crippen LogP contribution in [0.5, 0.6) is 0 Å². The highest BCUT2D eigenvalue weighted by molar-refractivity contribution is 6.00. The number of likely N-dealkylation sites (tertiary alicyclic amines) is 9. The van der Waals surface area contributed by atoms with Gasteiger partial charge in [-0.25, -0.2) is 0 Å². The van der Waals surface area contributed by atoms with E-state index in [1.807, 2.05) is 0 Å². The van der Waals surface area contributed by atoms with E-state index in [0.29, 0.717) is 174 Å². The fourth-order valence-electron chi connectivity index (χ4n) is 13.6. The first-order chi connectivity index (χ1) is 35.4. The zero-order valence-electron chi connectivity index (χ0n) is 41.7. The Morgan fingerprint density at radius 3 is 0.863 bits per heavy atom. The average molecular weight is 1010 g/mol. The van der Waals surface area contributed by atoms with Gasteiger partial charge in [-0.15, -0.1) is 6.42 Å². The van der Waals surface area contributed by atoms with Crippen molar-refractivity contribution in [3.05, 3.63) is 10.4 Å². The molecule has 0 aliphatic carbocycles. The third-order valence-electron chi connectivity index (χ3n) is 17.1. The second-order valence-electron chi connectivity index (χ2n) is 21.1. The number of carbonyl (C=O) groups is 10. The molecule has 0 aromatic carbocycles. The quantitative estimate of drug-likeness (QED) is 0.118. The Morgan fingerprint density at radius 1 is 0.397 bits per heavy atom. The summed E-state index contributed by atoms with van der Waals surface area (Å²) in [7, 11) is 0. The van der Waals surface area contributed by atoms with Crippen molar-refractivity contribution in [2.24, 2.45) is 5.11 Å². The highest BCUT2D eigenvalue weighted by Crippen LogP contribution is 2.35. The molecule has 9 atom stereocenters. The largest absolute Gasteiger partial charge is 0.343 e. The van der Waals surface area contributed by atoms with Gasteiger partial charge in [-0.2, -0.15) is 0 Å². The van der Waals surface area contributed by atoms with Gasteiger partial charge in [0.25, 0.3) is 0 Å². The van der Waals surface area contributed by atoms with Gasteiger partial charge in [-0.1, -0.05) is 11.0 Å². The van der Waals surface area contributed by atoms with Crippen LogP contribution in [0.25, 0.3) is 10.4 Å². The van der Waals surface area contributed by atoms with Gasteiger partial charge in [0, 0.05) is 63.8 Å². The summed E-state index contributed by atoms with van der Waals surface area (Å²) in [5.74, 6) is -0.946. The van der Waals surface area contributed by atoms with Crippen molar-refractivity contribution in [1.29, 1.82) is 0 Å². The minimum atomic E-state index is -0.838. The third-order valence-corrected chi connectivity index (χ3v) is 17.1. The molecule has 1 N–H and O–H groups in total. The van der Waals surface area contributed by atoms with Crippen molar-refractivity contribution in [2.45, 2.75) is 170 Å². The van der Waals surface area contributed by atoms with Crippen molar-refractivity contribution < 1.29 is 47.9 Å². The summed E-state index contributed by atoms with van der Waals surface area (Å²) in [4.78, 5) is 157. The van der Waals surface area contributed by atoms with E-state index in [0.717, 1.165) is 0 Å². The maximum Gasteiger partial charge on any atom is 0.246 e. The molecule has 23 heteroatoms. The van der Waals surface area contributed by atoms with Crippen LogP contribution < -0.4 is 5.32 Å². The van der Waals surface area contributed by atoms with Crippen molar-refractivity contribution in [1.82, 2.24) is 49.4 Å². The lowest BCUT2D eigenvalue weighted by Crippen LogP contribution is -2.59. The number of nitrogens with zero attached hydrogens (tertiary/aromatic N) is 12. The standard InChI is InChI=1S/C50H69N13O10/c1-2-21-52-42(65)32-12-3-23-56(32)44(67)34-14-5-25-58(34)46(69)36-16-7-27-60(36)48(71)38-18-9-29-62(38)50(73)40-20-11-30-63(40)49(72)39-19-10-28-61(39)47(70)37-17-8-26-59(37)45(68)35-15-6-24-57(35)43(66)33-13-4-22-55(33)41(64)31-53-54-51/h1,32-40H,3-31H2,(H,52,65)/t32-,33-,34-,35-,36-,37-,38-,39-,40-/m0/s1. The van der Waals surface area contributed by atoms with E-state index in [-0.39, 0.29) is 59.7 Å². The third kappa shape index (κ3) is 9.90. The first-order valence-electron chi connectivity index (χ1n) is 26.8. The average Bonchev–Trinajstić information content (AvgIpc) is 4.26. The highest BCUT2D eigenvalue weighted by Gasteiger charge is 2.52. The van der Waals surface area contributed by atoms with Crippen molar-refractivity contribution >= 4 is 59.1 Å². The zero-order valence-corrected chi connectivity index (χ0v) is 41.7. The molecule has 0 spiro atoms. The topological polar surface area (TPSA) is 261 Å². The van der Waals surface area contributed by atoms with Gasteiger partial charge < -0.3 is 49.4 Å². The van der Waals surface area contributed by atoms with Gasteiger partial charge in [0.15, 0.2) is 0 Å². The van der Waals surface area contributed by atoms with Crippen LogP contribution >= 0.6 is 0 Å². The van der Waals surface area contributed by atoms with Gasteiger partial charge in [0.1, 0.15) is 60.9 Å². The van der Waals surface area contributed by atoms with Crippen molar-refractivity contribution in [2.75, 3.05) is 72.0 Å². The van der Waals surface area contributed by atoms with E-state index in [2.05, 4.69) is 21.3 Å². The van der Waals surface area contributed by atoms with E-state index >= 15 is 0 Å². The molecule has 394 valence electrons. The number of hydrogen-bond donors (Lipinski definition) is 1. The van der Waals surface area contributed by atoms with Gasteiger partial charge in [0.05, 0.1) is 6.54 Å². The fourth-order valence-corrected chi connectivity index (χ4v) is 13.6. The Kier molecular flexibility index (Phi) is 15.8. The number of amides is 10. The van der Waals surface area contributed by atoms with Crippen LogP contribution in [-0.4, -0.2) is 230 Å². The molecule has 73 heavy (non-hydrogen) atoms. The molecule has 23 nitrogen and oxygen atoms in total. The summed E-state index contributed by atoms with van der Waals surface area (Å²) < 4.78 is 0. The molecule has 9 aliphatic rings. The Bertz CT molecular complexity index is 2340. The minimum absolute atomic E-state index is 0.0523. The maximum absolute atomic E-state index is 14.6. The van der Waals surface area contributed by atoms with Crippen LogP contribution in [-0.2, 0) is 47.9 Å². The van der Waals surface area contributed by atoms with Gasteiger partial charge in [-0.3, -0.25) is 47.9 Å². The molecule has 0 radical (unpaired) electrons. The number of rotatable bonds is 12. The highest BCUT2D eigenvalue weighted by atomic mass is 16.2. The second kappa shape index (κ2) is 22.4. The molecule has 0 bridgehead atoms. The van der Waals surface area contributed by atoms with E-state index in [9.17, 15) is 47.9 Å². The Balaban J connectivity index is 0.823. The summed E-state index contributed by atoms with van der Waals surface area (Å²) in [6.07, 6.45) is 14.4. The van der Waals surface area contributed by atoms with Crippen LogP contribution in [0.4, 0.5) is 0 Å². The number of nitrogens with one attached hydrogen (secondary N) is 1. The van der Waals surface area contributed by atoms with Gasteiger partial charge in [-0.05, 0) is 121 Å². The molecule has 0 aromatic rings. The first kappa shape index (κ1) is 51.5. The molecular formula is C50H69N13O10. The molecule has 9 fully saturated rings. The second-order valence-corrected chi connectivity index (χ2v) is 21.1. The maximum atomic E-state index is 14.6. The molecule has 9 rings (SSSR count). The Labute approximate surface area is 425 Å². The molecule has 0 aromatic heterocycles. The van der Waals surface area contributed by atoms with E-state index in [1.54, 1.807) is 34.3 Å². The monoisotopic (exact) mass is 1010 g/mol. The van der Waals surface area contributed by atoms with Crippen LogP contribution in [0.3, 0.4) is 0 Å². The van der Waals surface area contributed by atoms with Gasteiger partial charge >= 0.3 is 0 Å². The molecule has 9 saturated heterocycles. The summed E-state index contributed by atoms with van der Waals surface area (Å²) in [5, 5.41) is 6.05. The predicted octanol–water partition coefficient (Wildman–Crippen LogP) is -0.0349. The molecule has 0 saturated carbocycles. The fraction of sp³-hybridized carbons (Fsp3) is 0.760. The summed E-state index contributed by atoms with van der Waals surface area (Å²) in [6, 6.07) is -7.11. The summed E-state index contributed by atoms with van der Waals surface area (Å²) in [6.45, 7) is 2.66. The smallest absolute Gasteiger partial charge is 0.246 e. The van der Waals surface area contributed by atoms with Crippen molar-refractivity contribution in [3.8, 4) is 12.3 Å². The lowest BCUT2D eigenvalue weighted by molar-refractivity contribution is -0.155. The van der Waals surface area contributed by atoms with E-state index < -0.39 is 66.8 Å². The van der Waals surface area contributed by atoms with Crippen LogP contribution in [0, 0.1) is 12.3 Å². The lowest BCUT2D eigenvalue weighted by atomic mass is 10.1. The Morgan fingerprint density at radius 2 is 0.616 bits per heavy atom. The predicted molar refractivity (Wildman–Crippen MR) is 258 cm³/mol. The normalized spacial score (nSPS) is 30.1. The Hall–Kier alpha value is -6.43. The minimum Gasteiger partial charge on any atom is -0.343 e. The van der Waals surface area contributed by atoms with Crippen LogP contribution in [0.2, 0.25) is 0 Å². The van der Waals surface area contributed by atoms with Crippen LogP contribution in [0.15, 0.2) is 5.11 Å². The summed E-state index contributed by atoms with van der Waals surface area (Å²) in [5.41, 5.74) is 8.72.